The molecule has 0 saturated carbocycles. The Morgan fingerprint density at radius 1 is 1.44 bits per heavy atom. The van der Waals surface area contributed by atoms with Gasteiger partial charge in [-0.2, -0.15) is 0 Å². The third-order valence-corrected chi connectivity index (χ3v) is 2.58. The first kappa shape index (κ1) is 16.5. The van der Waals surface area contributed by atoms with Crippen molar-refractivity contribution in [1.29, 1.82) is 0 Å². The van der Waals surface area contributed by atoms with Gasteiger partial charge in [0.05, 0.1) is 0 Å². The van der Waals surface area contributed by atoms with Gasteiger partial charge in [-0.25, -0.2) is 4.79 Å². The fourth-order valence-corrected chi connectivity index (χ4v) is 1.50. The van der Waals surface area contributed by atoms with E-state index in [-0.39, 0.29) is 18.4 Å². The minimum atomic E-state index is -0.800. The van der Waals surface area contributed by atoms with Crippen molar-refractivity contribution in [2.45, 2.75) is 33.6 Å². The van der Waals surface area contributed by atoms with E-state index in [2.05, 4.69) is 11.9 Å². The maximum atomic E-state index is 11.8. The number of nitrogens with zero attached hydrogens (tertiary/aromatic N) is 1. The van der Waals surface area contributed by atoms with Gasteiger partial charge >= 0.3 is 12.0 Å². The van der Waals surface area contributed by atoms with E-state index in [1.165, 1.54) is 0 Å². The third-order valence-electron chi connectivity index (χ3n) is 2.58. The standard InChI is InChI=1S/C13H24N2O3/c1-5-15(9-10(2)3)13(18)14-8-11(4)6-7-12(16)17/h11H,2,5-9H2,1,3-4H3,(H,14,18)(H,16,17). The van der Waals surface area contributed by atoms with Crippen LogP contribution in [0.5, 0.6) is 0 Å². The molecule has 0 aromatic rings. The molecular weight excluding hydrogens is 232 g/mol. The smallest absolute Gasteiger partial charge is 0.317 e. The molecule has 0 aromatic heterocycles. The van der Waals surface area contributed by atoms with Gasteiger partial charge in [0.25, 0.3) is 0 Å². The fourth-order valence-electron chi connectivity index (χ4n) is 1.50. The van der Waals surface area contributed by atoms with Crippen molar-refractivity contribution in [3.63, 3.8) is 0 Å². The molecule has 0 bridgehead atoms. The summed E-state index contributed by atoms with van der Waals surface area (Å²) in [5, 5.41) is 11.4. The van der Waals surface area contributed by atoms with Gasteiger partial charge in [-0.3, -0.25) is 4.79 Å². The van der Waals surface area contributed by atoms with Gasteiger partial charge in [0.15, 0.2) is 0 Å². The van der Waals surface area contributed by atoms with Crippen molar-refractivity contribution < 1.29 is 14.7 Å². The molecule has 0 rings (SSSR count). The van der Waals surface area contributed by atoms with E-state index in [1.807, 2.05) is 20.8 Å². The molecule has 2 N–H and O–H groups in total. The second-order valence-electron chi connectivity index (χ2n) is 4.69. The average Bonchev–Trinajstić information content (AvgIpc) is 2.29. The molecule has 1 atom stereocenters. The first-order valence-electron chi connectivity index (χ1n) is 6.25. The van der Waals surface area contributed by atoms with Crippen LogP contribution in [0.4, 0.5) is 4.79 Å². The highest BCUT2D eigenvalue weighted by Crippen LogP contribution is 2.04. The van der Waals surface area contributed by atoms with Crippen molar-refractivity contribution in [3.05, 3.63) is 12.2 Å². The van der Waals surface area contributed by atoms with E-state index in [0.29, 0.717) is 26.1 Å². The summed E-state index contributed by atoms with van der Waals surface area (Å²) >= 11 is 0. The van der Waals surface area contributed by atoms with Crippen molar-refractivity contribution in [3.8, 4) is 0 Å². The molecule has 0 radical (unpaired) electrons. The molecule has 1 unspecified atom stereocenters. The lowest BCUT2D eigenvalue weighted by Crippen LogP contribution is -2.42. The highest BCUT2D eigenvalue weighted by Gasteiger charge is 2.12. The van der Waals surface area contributed by atoms with Crippen LogP contribution >= 0.6 is 0 Å². The molecule has 0 heterocycles. The minimum absolute atomic E-state index is 0.123. The number of hydrogen-bond acceptors (Lipinski definition) is 2. The molecule has 5 nitrogen and oxygen atoms in total. The molecule has 0 aliphatic rings. The second-order valence-corrected chi connectivity index (χ2v) is 4.69. The number of carboxylic acids is 1. The summed E-state index contributed by atoms with van der Waals surface area (Å²) in [6.07, 6.45) is 0.711. The zero-order chi connectivity index (χ0) is 14.1. The second kappa shape index (κ2) is 8.55. The van der Waals surface area contributed by atoms with Crippen LogP contribution in [0.25, 0.3) is 0 Å². The normalized spacial score (nSPS) is 11.7. The summed E-state index contributed by atoms with van der Waals surface area (Å²) in [4.78, 5) is 23.9. The number of aliphatic carboxylic acids is 1. The Morgan fingerprint density at radius 3 is 2.50 bits per heavy atom. The lowest BCUT2D eigenvalue weighted by atomic mass is 10.1. The summed E-state index contributed by atoms with van der Waals surface area (Å²) in [5.74, 6) is -0.640. The van der Waals surface area contributed by atoms with Gasteiger partial charge in [0.1, 0.15) is 0 Å². The number of amides is 2. The molecule has 18 heavy (non-hydrogen) atoms. The minimum Gasteiger partial charge on any atom is -0.481 e. The number of carbonyl (C=O) groups excluding carboxylic acids is 1. The highest BCUT2D eigenvalue weighted by molar-refractivity contribution is 5.74. The van der Waals surface area contributed by atoms with Gasteiger partial charge in [-0.1, -0.05) is 19.1 Å². The summed E-state index contributed by atoms with van der Waals surface area (Å²) in [6, 6.07) is -0.123. The Morgan fingerprint density at radius 2 is 2.06 bits per heavy atom. The van der Waals surface area contributed by atoms with Crippen LogP contribution in [-0.2, 0) is 4.79 Å². The van der Waals surface area contributed by atoms with Gasteiger partial charge in [0, 0.05) is 26.1 Å². The van der Waals surface area contributed by atoms with Crippen LogP contribution in [0.3, 0.4) is 0 Å². The average molecular weight is 256 g/mol. The largest absolute Gasteiger partial charge is 0.481 e. The van der Waals surface area contributed by atoms with Crippen LogP contribution in [-0.4, -0.2) is 41.6 Å². The molecule has 2 amide bonds. The van der Waals surface area contributed by atoms with Crippen molar-refractivity contribution in [1.82, 2.24) is 10.2 Å². The number of carboxylic acid groups (broad SMARTS) is 1. The maximum Gasteiger partial charge on any atom is 0.317 e. The predicted molar refractivity (Wildman–Crippen MR) is 71.5 cm³/mol. The molecule has 0 aliphatic heterocycles. The molecule has 0 aliphatic carbocycles. The van der Waals surface area contributed by atoms with Crippen molar-refractivity contribution in [2.24, 2.45) is 5.92 Å². The fraction of sp³-hybridized carbons (Fsp3) is 0.692. The molecule has 0 saturated heterocycles. The molecule has 104 valence electrons. The monoisotopic (exact) mass is 256 g/mol. The first-order valence-corrected chi connectivity index (χ1v) is 6.25. The molecular formula is C13H24N2O3. The van der Waals surface area contributed by atoms with E-state index in [0.717, 1.165) is 5.57 Å². The number of likely N-dealkylation sites (N-methyl/N-ethyl adjacent to an activating group) is 1. The number of rotatable bonds is 8. The van der Waals surface area contributed by atoms with Gasteiger partial charge in [-0.05, 0) is 26.2 Å². The number of hydrogen-bond donors (Lipinski definition) is 2. The van der Waals surface area contributed by atoms with E-state index in [4.69, 9.17) is 5.11 Å². The lowest BCUT2D eigenvalue weighted by Gasteiger charge is -2.22. The Labute approximate surface area is 109 Å². The SMILES string of the molecule is C=C(C)CN(CC)C(=O)NCC(C)CCC(=O)O. The summed E-state index contributed by atoms with van der Waals surface area (Å²) in [7, 11) is 0. The zero-order valence-electron chi connectivity index (χ0n) is 11.5. The quantitative estimate of drug-likeness (QED) is 0.653. The van der Waals surface area contributed by atoms with Crippen LogP contribution < -0.4 is 5.32 Å². The summed E-state index contributed by atoms with van der Waals surface area (Å²) < 4.78 is 0. The van der Waals surface area contributed by atoms with Crippen LogP contribution in [0.1, 0.15) is 33.6 Å². The predicted octanol–water partition coefficient (Wildman–Crippen LogP) is 2.09. The Hall–Kier alpha value is -1.52. The van der Waals surface area contributed by atoms with Gasteiger partial charge in [0.2, 0.25) is 0 Å². The van der Waals surface area contributed by atoms with E-state index in [9.17, 15) is 9.59 Å². The highest BCUT2D eigenvalue weighted by atomic mass is 16.4. The molecule has 0 spiro atoms. The van der Waals surface area contributed by atoms with E-state index >= 15 is 0 Å². The van der Waals surface area contributed by atoms with Gasteiger partial charge in [-0.15, -0.1) is 0 Å². The number of carbonyl (C=O) groups is 2. The summed E-state index contributed by atoms with van der Waals surface area (Å²) in [6.45, 7) is 11.2. The number of urea groups is 1. The molecule has 5 heteroatoms. The van der Waals surface area contributed by atoms with Crippen LogP contribution in [0.2, 0.25) is 0 Å². The molecule has 0 fully saturated rings. The van der Waals surface area contributed by atoms with Crippen LogP contribution in [0, 0.1) is 5.92 Å². The lowest BCUT2D eigenvalue weighted by molar-refractivity contribution is -0.137. The van der Waals surface area contributed by atoms with Crippen molar-refractivity contribution >= 4 is 12.0 Å². The molecule has 0 aromatic carbocycles. The van der Waals surface area contributed by atoms with E-state index < -0.39 is 5.97 Å². The summed E-state index contributed by atoms with van der Waals surface area (Å²) in [5.41, 5.74) is 0.936. The third kappa shape index (κ3) is 7.70. The first-order chi connectivity index (χ1) is 8.36. The van der Waals surface area contributed by atoms with Gasteiger partial charge < -0.3 is 15.3 Å². The topological polar surface area (TPSA) is 69.6 Å². The Bertz CT molecular complexity index is 303. The maximum absolute atomic E-state index is 11.8. The number of nitrogens with one attached hydrogen (secondary N) is 1. The van der Waals surface area contributed by atoms with Crippen molar-refractivity contribution in [2.75, 3.05) is 19.6 Å². The van der Waals surface area contributed by atoms with Crippen LogP contribution in [0.15, 0.2) is 12.2 Å². The van der Waals surface area contributed by atoms with E-state index in [1.54, 1.807) is 4.90 Å². The zero-order valence-corrected chi connectivity index (χ0v) is 11.5. The Kier molecular flexibility index (Phi) is 7.83. The Balaban J connectivity index is 3.99.